The highest BCUT2D eigenvalue weighted by Gasteiger charge is 2.24. The number of hydrogen-bond acceptors (Lipinski definition) is 2. The minimum Gasteiger partial charge on any atom is -0.418 e. The zero-order chi connectivity index (χ0) is 13.7. The third kappa shape index (κ3) is 8.81. The predicted octanol–water partition coefficient (Wildman–Crippen LogP) is 4.48. The fraction of sp³-hybridized carbons (Fsp3) is 0.923. The summed E-state index contributed by atoms with van der Waals surface area (Å²) in [5.41, 5.74) is 1.03. The van der Waals surface area contributed by atoms with Crippen LogP contribution in [0.25, 0.3) is 0 Å². The monoisotopic (exact) mass is 277 g/mol. The van der Waals surface area contributed by atoms with Crippen molar-refractivity contribution in [1.29, 1.82) is 0 Å². The molecular weight excluding hydrogens is 250 g/mol. The summed E-state index contributed by atoms with van der Waals surface area (Å²) in [6, 6.07) is 0.311. The molecule has 17 heavy (non-hydrogen) atoms. The molecule has 2 nitrogen and oxygen atoms in total. The molecule has 0 aromatic carbocycles. The molecule has 0 aliphatic rings. The summed E-state index contributed by atoms with van der Waals surface area (Å²) in [6.45, 7) is 15.6. The summed E-state index contributed by atoms with van der Waals surface area (Å²) in [5, 5.41) is 0. The van der Waals surface area contributed by atoms with E-state index < -0.39 is 8.32 Å². The number of halogens is 1. The molecule has 0 aromatic heterocycles. The lowest BCUT2D eigenvalue weighted by Gasteiger charge is -2.24. The van der Waals surface area contributed by atoms with Gasteiger partial charge in [0.2, 0.25) is 0 Å². The van der Waals surface area contributed by atoms with Crippen molar-refractivity contribution in [3.63, 3.8) is 0 Å². The van der Waals surface area contributed by atoms with Crippen LogP contribution in [-0.4, -0.2) is 31.6 Å². The van der Waals surface area contributed by atoms with Crippen molar-refractivity contribution < 1.29 is 4.43 Å². The van der Waals surface area contributed by atoms with Gasteiger partial charge in [-0.05, 0) is 60.2 Å². The average molecular weight is 278 g/mol. The maximum absolute atomic E-state index is 6.51. The lowest BCUT2D eigenvalue weighted by molar-refractivity contribution is 0.298. The lowest BCUT2D eigenvalue weighted by atomic mass is 9.99. The van der Waals surface area contributed by atoms with E-state index in [9.17, 15) is 0 Å². The highest BCUT2D eigenvalue weighted by atomic mass is 35.5. The summed E-state index contributed by atoms with van der Waals surface area (Å²) in [6.07, 6.45) is 1.91. The molecule has 102 valence electrons. The maximum Gasteiger partial charge on any atom is 0.183 e. The number of rotatable bonds is 7. The molecule has 0 aliphatic heterocycles. The lowest BCUT2D eigenvalue weighted by Crippen LogP contribution is -2.30. The minimum atomic E-state index is -1.38. The summed E-state index contributed by atoms with van der Waals surface area (Å²) in [5.74, 6) is 0. The molecule has 1 unspecified atom stereocenters. The Hall–Kier alpha value is 0.137. The van der Waals surface area contributed by atoms with Crippen LogP contribution < -0.4 is 0 Å². The Morgan fingerprint density at radius 2 is 1.88 bits per heavy atom. The first-order chi connectivity index (χ1) is 7.54. The maximum atomic E-state index is 6.51. The summed E-state index contributed by atoms with van der Waals surface area (Å²) in [4.78, 5) is 4.20. The van der Waals surface area contributed by atoms with Gasteiger partial charge in [-0.2, -0.15) is 0 Å². The van der Waals surface area contributed by atoms with Gasteiger partial charge in [-0.3, -0.25) is 4.99 Å². The van der Waals surface area contributed by atoms with Gasteiger partial charge in [-0.15, -0.1) is 11.6 Å². The molecule has 1 atom stereocenters. The quantitative estimate of drug-likeness (QED) is 0.291. The van der Waals surface area contributed by atoms with Crippen LogP contribution in [0.1, 0.15) is 40.5 Å². The largest absolute Gasteiger partial charge is 0.418 e. The van der Waals surface area contributed by atoms with Gasteiger partial charge in [0.15, 0.2) is 8.32 Å². The van der Waals surface area contributed by atoms with Crippen LogP contribution in [0.15, 0.2) is 4.99 Å². The van der Waals surface area contributed by atoms with E-state index in [1.807, 2.05) is 13.8 Å². The van der Waals surface area contributed by atoms with Crippen LogP contribution in [0, 0.1) is 0 Å². The molecule has 0 N–H and O–H groups in total. The number of hydrogen-bond donors (Lipinski definition) is 0. The SMILES string of the molecule is CC(=NC(C)C)C(C)(Cl)CCCO[Si](C)(C)C. The third-order valence-corrected chi connectivity index (χ3v) is 4.06. The van der Waals surface area contributed by atoms with Crippen molar-refractivity contribution in [3.05, 3.63) is 0 Å². The molecule has 0 bridgehead atoms. The van der Waals surface area contributed by atoms with Crippen molar-refractivity contribution in [2.75, 3.05) is 6.61 Å². The first-order valence-electron chi connectivity index (χ1n) is 6.42. The molecule has 0 aromatic rings. The van der Waals surface area contributed by atoms with Gasteiger partial charge in [-0.25, -0.2) is 0 Å². The molecule has 0 radical (unpaired) electrons. The molecule has 4 heteroatoms. The number of nitrogens with zero attached hydrogens (tertiary/aromatic N) is 1. The highest BCUT2D eigenvalue weighted by Crippen LogP contribution is 2.24. The Balaban J connectivity index is 4.10. The molecule has 0 aliphatic carbocycles. The van der Waals surface area contributed by atoms with Gasteiger partial charge in [0.25, 0.3) is 0 Å². The Morgan fingerprint density at radius 1 is 1.35 bits per heavy atom. The van der Waals surface area contributed by atoms with Crippen molar-refractivity contribution in [2.45, 2.75) is 71.1 Å². The molecule has 0 saturated heterocycles. The molecular formula is C13H28ClNOSi. The van der Waals surface area contributed by atoms with Crippen LogP contribution >= 0.6 is 11.6 Å². The van der Waals surface area contributed by atoms with Crippen LogP contribution in [0.5, 0.6) is 0 Å². The smallest absolute Gasteiger partial charge is 0.183 e. The first kappa shape index (κ1) is 17.1. The molecule has 0 heterocycles. The first-order valence-corrected chi connectivity index (χ1v) is 10.2. The summed E-state index contributed by atoms with van der Waals surface area (Å²) in [7, 11) is -1.38. The standard InChI is InChI=1S/C13H28ClNOSi/c1-11(2)15-12(3)13(4,14)9-8-10-16-17(5,6)7/h11H,8-10H2,1-7H3. The number of aliphatic imine (C=N–C) groups is 1. The number of alkyl halides is 1. The fourth-order valence-corrected chi connectivity index (χ4v) is 2.42. The van der Waals surface area contributed by atoms with Gasteiger partial charge in [0, 0.05) is 18.4 Å². The van der Waals surface area contributed by atoms with E-state index in [1.165, 1.54) is 0 Å². The molecule has 0 amide bonds. The van der Waals surface area contributed by atoms with E-state index in [0.29, 0.717) is 6.04 Å². The Labute approximate surface area is 113 Å². The molecule has 0 fully saturated rings. The molecule has 0 rings (SSSR count). The summed E-state index contributed by atoms with van der Waals surface area (Å²) < 4.78 is 5.83. The Kier molecular flexibility index (Phi) is 6.96. The normalized spacial score (nSPS) is 17.4. The van der Waals surface area contributed by atoms with Crippen molar-refractivity contribution in [3.8, 4) is 0 Å². The van der Waals surface area contributed by atoms with E-state index >= 15 is 0 Å². The fourth-order valence-electron chi connectivity index (χ4n) is 1.49. The van der Waals surface area contributed by atoms with Gasteiger partial charge >= 0.3 is 0 Å². The summed E-state index contributed by atoms with van der Waals surface area (Å²) >= 11 is 6.51. The van der Waals surface area contributed by atoms with Crippen LogP contribution in [0.4, 0.5) is 0 Å². The zero-order valence-corrected chi connectivity index (χ0v) is 14.2. The van der Waals surface area contributed by atoms with Crippen molar-refractivity contribution in [1.82, 2.24) is 0 Å². The Bertz CT molecular complexity index is 257. The van der Waals surface area contributed by atoms with E-state index in [-0.39, 0.29) is 4.87 Å². The van der Waals surface area contributed by atoms with Gasteiger partial charge in [0.1, 0.15) is 0 Å². The van der Waals surface area contributed by atoms with Gasteiger partial charge in [-0.1, -0.05) is 0 Å². The minimum absolute atomic E-state index is 0.311. The van der Waals surface area contributed by atoms with E-state index in [4.69, 9.17) is 16.0 Å². The molecule has 0 spiro atoms. The highest BCUT2D eigenvalue weighted by molar-refractivity contribution is 6.69. The zero-order valence-electron chi connectivity index (χ0n) is 12.4. The van der Waals surface area contributed by atoms with Crippen molar-refractivity contribution >= 4 is 25.6 Å². The van der Waals surface area contributed by atoms with Gasteiger partial charge < -0.3 is 4.43 Å². The second-order valence-electron chi connectivity index (χ2n) is 6.07. The van der Waals surface area contributed by atoms with E-state index in [2.05, 4.69) is 38.5 Å². The van der Waals surface area contributed by atoms with Crippen LogP contribution in [0.2, 0.25) is 19.6 Å². The van der Waals surface area contributed by atoms with Gasteiger partial charge in [0.05, 0.1) is 4.87 Å². The van der Waals surface area contributed by atoms with Crippen LogP contribution in [0.3, 0.4) is 0 Å². The average Bonchev–Trinajstić information content (AvgIpc) is 2.10. The van der Waals surface area contributed by atoms with Crippen molar-refractivity contribution in [2.24, 2.45) is 4.99 Å². The van der Waals surface area contributed by atoms with E-state index in [1.54, 1.807) is 0 Å². The second-order valence-corrected chi connectivity index (χ2v) is 11.4. The Morgan fingerprint density at radius 3 is 2.29 bits per heavy atom. The predicted molar refractivity (Wildman–Crippen MR) is 81.0 cm³/mol. The second kappa shape index (κ2) is 6.91. The van der Waals surface area contributed by atoms with Crippen LogP contribution in [-0.2, 0) is 4.43 Å². The van der Waals surface area contributed by atoms with E-state index in [0.717, 1.165) is 25.2 Å². The third-order valence-electron chi connectivity index (χ3n) is 2.53. The topological polar surface area (TPSA) is 21.6 Å². The molecule has 0 saturated carbocycles.